The zero-order valence-electron chi connectivity index (χ0n) is 19.2. The summed E-state index contributed by atoms with van der Waals surface area (Å²) in [6.07, 6.45) is 5.42. The highest BCUT2D eigenvalue weighted by Crippen LogP contribution is 2.28. The van der Waals surface area contributed by atoms with E-state index in [1.165, 1.54) is 25.7 Å². The SMILES string of the molecule is CNC(=O)c1ccnc2c(C(C)CCNc3cc(-c4cnc(OC)c(F)c4)ncn3)cccc12. The van der Waals surface area contributed by atoms with Crippen LogP contribution in [0.3, 0.4) is 0 Å². The van der Waals surface area contributed by atoms with E-state index in [0.717, 1.165) is 22.9 Å². The number of para-hydroxylation sites is 1. The number of amides is 1. The van der Waals surface area contributed by atoms with E-state index >= 15 is 0 Å². The van der Waals surface area contributed by atoms with Gasteiger partial charge in [-0.1, -0.05) is 25.1 Å². The number of aromatic nitrogens is 4. The molecule has 4 aromatic rings. The minimum Gasteiger partial charge on any atom is -0.479 e. The van der Waals surface area contributed by atoms with Gasteiger partial charge in [0.05, 0.1) is 23.9 Å². The number of carbonyl (C=O) groups is 1. The fourth-order valence-electron chi connectivity index (χ4n) is 3.83. The molecule has 0 radical (unpaired) electrons. The molecule has 3 heterocycles. The molecule has 1 atom stereocenters. The van der Waals surface area contributed by atoms with Crippen molar-refractivity contribution in [2.75, 3.05) is 26.0 Å². The normalized spacial score (nSPS) is 11.8. The van der Waals surface area contributed by atoms with Crippen molar-refractivity contribution >= 4 is 22.6 Å². The highest BCUT2D eigenvalue weighted by molar-refractivity contribution is 6.06. The van der Waals surface area contributed by atoms with Gasteiger partial charge in [0.25, 0.3) is 5.91 Å². The average Bonchev–Trinajstić information content (AvgIpc) is 2.87. The number of halogens is 1. The Bertz CT molecular complexity index is 1330. The van der Waals surface area contributed by atoms with Crippen molar-refractivity contribution < 1.29 is 13.9 Å². The van der Waals surface area contributed by atoms with Gasteiger partial charge in [-0.15, -0.1) is 0 Å². The van der Waals surface area contributed by atoms with Crippen LogP contribution < -0.4 is 15.4 Å². The number of methoxy groups -OCH3 is 1. The van der Waals surface area contributed by atoms with E-state index in [4.69, 9.17) is 4.74 Å². The number of anilines is 1. The predicted octanol–water partition coefficient (Wildman–Crippen LogP) is 4.20. The van der Waals surface area contributed by atoms with Crippen LogP contribution in [-0.4, -0.2) is 46.5 Å². The van der Waals surface area contributed by atoms with E-state index in [1.54, 1.807) is 25.4 Å². The maximum Gasteiger partial charge on any atom is 0.251 e. The second kappa shape index (κ2) is 10.2. The largest absolute Gasteiger partial charge is 0.479 e. The van der Waals surface area contributed by atoms with Gasteiger partial charge < -0.3 is 15.4 Å². The van der Waals surface area contributed by atoms with Crippen molar-refractivity contribution in [3.63, 3.8) is 0 Å². The van der Waals surface area contributed by atoms with Gasteiger partial charge in [-0.3, -0.25) is 9.78 Å². The van der Waals surface area contributed by atoms with Crippen LogP contribution in [0.4, 0.5) is 10.2 Å². The Morgan fingerprint density at radius 1 is 1.15 bits per heavy atom. The molecule has 0 fully saturated rings. The summed E-state index contributed by atoms with van der Waals surface area (Å²) in [5, 5.41) is 6.82. The Kier molecular flexibility index (Phi) is 6.91. The number of rotatable bonds is 8. The first-order valence-corrected chi connectivity index (χ1v) is 10.9. The molecule has 3 aromatic heterocycles. The van der Waals surface area contributed by atoms with Crippen LogP contribution in [-0.2, 0) is 0 Å². The molecule has 8 nitrogen and oxygen atoms in total. The average molecular weight is 461 g/mol. The second-order valence-electron chi connectivity index (χ2n) is 7.80. The molecule has 0 aliphatic rings. The zero-order chi connectivity index (χ0) is 24.1. The molecule has 0 bridgehead atoms. The van der Waals surface area contributed by atoms with Crippen LogP contribution in [0.25, 0.3) is 22.2 Å². The van der Waals surface area contributed by atoms with E-state index < -0.39 is 5.82 Å². The fourth-order valence-corrected chi connectivity index (χ4v) is 3.83. The molecule has 9 heteroatoms. The minimum absolute atomic E-state index is 0.0597. The van der Waals surface area contributed by atoms with Crippen molar-refractivity contribution in [3.05, 3.63) is 72.1 Å². The summed E-state index contributed by atoms with van der Waals surface area (Å²) in [5.41, 5.74) is 3.60. The van der Waals surface area contributed by atoms with E-state index in [9.17, 15) is 9.18 Å². The standard InChI is InChI=1S/C25H25FN6O2/c1-15(17-5-4-6-18-19(24(33)27-2)8-10-29-23(17)18)7-9-28-22-12-21(31-14-32-22)16-11-20(26)25(34-3)30-13-16/h4-6,8,10-15H,7,9H2,1-3H3,(H,27,33)(H,28,31,32). The van der Waals surface area contributed by atoms with Gasteiger partial charge in [0.2, 0.25) is 5.88 Å². The summed E-state index contributed by atoms with van der Waals surface area (Å²) < 4.78 is 18.9. The fraction of sp³-hybridized carbons (Fsp3) is 0.240. The number of hydrogen-bond donors (Lipinski definition) is 2. The Morgan fingerprint density at radius 3 is 2.76 bits per heavy atom. The monoisotopic (exact) mass is 460 g/mol. The van der Waals surface area contributed by atoms with E-state index in [-0.39, 0.29) is 17.7 Å². The summed E-state index contributed by atoms with van der Waals surface area (Å²) in [7, 11) is 2.99. The number of benzene rings is 1. The van der Waals surface area contributed by atoms with Crippen molar-refractivity contribution in [1.29, 1.82) is 0 Å². The number of pyridine rings is 2. The van der Waals surface area contributed by atoms with E-state index in [0.29, 0.717) is 29.2 Å². The topological polar surface area (TPSA) is 102 Å². The maximum absolute atomic E-state index is 14.0. The molecular formula is C25H25FN6O2. The number of hydrogen-bond acceptors (Lipinski definition) is 7. The molecular weight excluding hydrogens is 435 g/mol. The molecule has 0 spiro atoms. The van der Waals surface area contributed by atoms with Crippen LogP contribution >= 0.6 is 0 Å². The summed E-state index contributed by atoms with van der Waals surface area (Å²) in [5.74, 6) is 0.0716. The summed E-state index contributed by atoms with van der Waals surface area (Å²) >= 11 is 0. The number of nitrogens with one attached hydrogen (secondary N) is 2. The first kappa shape index (κ1) is 23.0. The van der Waals surface area contributed by atoms with Crippen LogP contribution in [0.2, 0.25) is 0 Å². The van der Waals surface area contributed by atoms with Crippen LogP contribution in [0.1, 0.15) is 35.2 Å². The van der Waals surface area contributed by atoms with Crippen LogP contribution in [0, 0.1) is 5.82 Å². The van der Waals surface area contributed by atoms with Gasteiger partial charge in [-0.05, 0) is 30.0 Å². The van der Waals surface area contributed by atoms with Crippen LogP contribution in [0.5, 0.6) is 5.88 Å². The lowest BCUT2D eigenvalue weighted by Gasteiger charge is -2.16. The molecule has 4 rings (SSSR count). The van der Waals surface area contributed by atoms with Gasteiger partial charge in [0.15, 0.2) is 5.82 Å². The Morgan fingerprint density at radius 2 is 2.00 bits per heavy atom. The molecule has 1 aromatic carbocycles. The third-order valence-corrected chi connectivity index (χ3v) is 5.65. The molecule has 2 N–H and O–H groups in total. The molecule has 0 saturated carbocycles. The smallest absolute Gasteiger partial charge is 0.251 e. The van der Waals surface area contributed by atoms with Crippen LogP contribution in [0.15, 0.2) is 55.1 Å². The lowest BCUT2D eigenvalue weighted by atomic mass is 9.94. The summed E-state index contributed by atoms with van der Waals surface area (Å²) in [4.78, 5) is 29.2. The summed E-state index contributed by atoms with van der Waals surface area (Å²) in [6.45, 7) is 2.78. The van der Waals surface area contributed by atoms with Gasteiger partial charge >= 0.3 is 0 Å². The molecule has 174 valence electrons. The van der Waals surface area contributed by atoms with Gasteiger partial charge in [-0.25, -0.2) is 19.3 Å². The van der Waals surface area contributed by atoms with Crippen molar-refractivity contribution in [1.82, 2.24) is 25.3 Å². The number of ether oxygens (including phenoxy) is 1. The van der Waals surface area contributed by atoms with Gasteiger partial charge in [0.1, 0.15) is 12.1 Å². The van der Waals surface area contributed by atoms with E-state index in [2.05, 4.69) is 37.5 Å². The molecule has 34 heavy (non-hydrogen) atoms. The predicted molar refractivity (Wildman–Crippen MR) is 128 cm³/mol. The molecule has 1 unspecified atom stereocenters. The van der Waals surface area contributed by atoms with E-state index in [1.807, 2.05) is 18.2 Å². The third kappa shape index (κ3) is 4.78. The Labute approximate surface area is 196 Å². The first-order valence-electron chi connectivity index (χ1n) is 10.9. The Hall–Kier alpha value is -4.14. The number of nitrogens with zero attached hydrogens (tertiary/aromatic N) is 4. The minimum atomic E-state index is -0.551. The van der Waals surface area contributed by atoms with Gasteiger partial charge in [-0.2, -0.15) is 0 Å². The molecule has 0 aliphatic carbocycles. The number of fused-ring (bicyclic) bond motifs is 1. The number of carbonyl (C=O) groups excluding carboxylic acids is 1. The maximum atomic E-state index is 14.0. The highest BCUT2D eigenvalue weighted by atomic mass is 19.1. The second-order valence-corrected chi connectivity index (χ2v) is 7.80. The molecule has 0 saturated heterocycles. The van der Waals surface area contributed by atoms with Crippen molar-refractivity contribution in [2.24, 2.45) is 0 Å². The summed E-state index contributed by atoms with van der Waals surface area (Å²) in [6, 6.07) is 10.7. The lowest BCUT2D eigenvalue weighted by Crippen LogP contribution is -2.18. The zero-order valence-corrected chi connectivity index (χ0v) is 19.2. The molecule has 1 amide bonds. The highest BCUT2D eigenvalue weighted by Gasteiger charge is 2.15. The molecule has 0 aliphatic heterocycles. The lowest BCUT2D eigenvalue weighted by molar-refractivity contribution is 0.0964. The first-order chi connectivity index (χ1) is 16.5. The third-order valence-electron chi connectivity index (χ3n) is 5.65. The Balaban J connectivity index is 1.46. The van der Waals surface area contributed by atoms with Crippen molar-refractivity contribution in [3.8, 4) is 17.1 Å². The van der Waals surface area contributed by atoms with Crippen molar-refractivity contribution in [2.45, 2.75) is 19.3 Å². The quantitative estimate of drug-likeness (QED) is 0.406. The van der Waals surface area contributed by atoms with Gasteiger partial charge in [0, 0.05) is 43.0 Å².